The molecular weight excluding hydrogens is 404 g/mol. The summed E-state index contributed by atoms with van der Waals surface area (Å²) >= 11 is 0. The van der Waals surface area contributed by atoms with E-state index >= 15 is 0 Å². The first kappa shape index (κ1) is 18.4. The minimum absolute atomic E-state index is 0. The molecule has 0 bridgehead atoms. The van der Waals surface area contributed by atoms with Crippen molar-refractivity contribution in [3.8, 4) is 11.1 Å². The number of rotatable bonds is 2. The Labute approximate surface area is 180 Å². The van der Waals surface area contributed by atoms with Crippen molar-refractivity contribution in [2.75, 3.05) is 0 Å². The van der Waals surface area contributed by atoms with E-state index in [-0.39, 0.29) is 26.2 Å². The molecule has 0 radical (unpaired) electrons. The van der Waals surface area contributed by atoms with Gasteiger partial charge in [-0.15, -0.1) is 34.4 Å². The van der Waals surface area contributed by atoms with Gasteiger partial charge in [-0.1, -0.05) is 108 Å². The van der Waals surface area contributed by atoms with Crippen LogP contribution in [0.15, 0.2) is 72.4 Å². The third kappa shape index (κ3) is 2.93. The van der Waals surface area contributed by atoms with Crippen LogP contribution in [-0.2, 0) is 26.2 Å². The fourth-order valence-corrected chi connectivity index (χ4v) is 4.33. The van der Waals surface area contributed by atoms with Gasteiger partial charge in [0.25, 0.3) is 0 Å². The van der Waals surface area contributed by atoms with Crippen LogP contribution in [-0.4, -0.2) is 0 Å². The molecule has 0 heterocycles. The number of hydrogen-bond acceptors (Lipinski definition) is 0. The van der Waals surface area contributed by atoms with Crippen molar-refractivity contribution in [1.82, 2.24) is 0 Å². The minimum Gasteiger partial charge on any atom is -0.115 e. The standard InChI is InChI=1S/C26H21.Zr/c1-17(2)26-21-14-8-7-13-20(21)24-15-22(18-9-3-4-10-18)23(16-25(24)26)19-11-5-6-12-19;/h3-9,11,13-15H,10,12H2,1-2H3;/q-1;. The summed E-state index contributed by atoms with van der Waals surface area (Å²) in [6.45, 7) is 4.42. The first-order valence-corrected chi connectivity index (χ1v) is 9.34. The summed E-state index contributed by atoms with van der Waals surface area (Å²) in [4.78, 5) is 0. The Bertz CT molecular complexity index is 1080. The third-order valence-electron chi connectivity index (χ3n) is 5.52. The molecule has 3 aliphatic carbocycles. The molecule has 2 aromatic carbocycles. The van der Waals surface area contributed by atoms with Crippen molar-refractivity contribution in [2.45, 2.75) is 26.7 Å². The second-order valence-electron chi connectivity index (χ2n) is 7.42. The third-order valence-corrected chi connectivity index (χ3v) is 5.52. The van der Waals surface area contributed by atoms with Gasteiger partial charge in [-0.3, -0.25) is 0 Å². The molecule has 1 heteroatoms. The van der Waals surface area contributed by atoms with Gasteiger partial charge >= 0.3 is 0 Å². The molecule has 5 rings (SSSR count). The van der Waals surface area contributed by atoms with E-state index in [2.05, 4.69) is 86.7 Å². The topological polar surface area (TPSA) is 0 Å². The van der Waals surface area contributed by atoms with Crippen LogP contribution in [0.5, 0.6) is 0 Å². The van der Waals surface area contributed by atoms with E-state index in [9.17, 15) is 0 Å². The van der Waals surface area contributed by atoms with Crippen LogP contribution < -0.4 is 0 Å². The van der Waals surface area contributed by atoms with E-state index in [1.807, 2.05) is 0 Å². The number of allylic oxidation sites excluding steroid dienone is 9. The Morgan fingerprint density at radius 1 is 0.778 bits per heavy atom. The largest absolute Gasteiger partial charge is 0.115 e. The molecule has 0 nitrogen and oxygen atoms in total. The molecule has 0 unspecified atom stereocenters. The Morgan fingerprint density at radius 2 is 1.44 bits per heavy atom. The molecule has 130 valence electrons. The molecule has 3 aliphatic rings. The SMILES string of the molecule is CC(C)=C1c2[c-]c(C3=CC=CC3)c(C3=CC=CC3)cc2-c2ccccc21.[Zr]. The average molecular weight is 425 g/mol. The molecule has 0 aliphatic heterocycles. The van der Waals surface area contributed by atoms with Crippen molar-refractivity contribution in [1.29, 1.82) is 0 Å². The van der Waals surface area contributed by atoms with Gasteiger partial charge in [0, 0.05) is 26.2 Å². The second-order valence-corrected chi connectivity index (χ2v) is 7.42. The van der Waals surface area contributed by atoms with Gasteiger partial charge in [-0.2, -0.15) is 0 Å². The van der Waals surface area contributed by atoms with E-state index in [1.165, 1.54) is 55.7 Å². The first-order valence-electron chi connectivity index (χ1n) is 9.34. The Kier molecular flexibility index (Phi) is 4.91. The number of hydrogen-bond donors (Lipinski definition) is 0. The zero-order valence-corrected chi connectivity index (χ0v) is 18.2. The number of benzene rings is 2. The van der Waals surface area contributed by atoms with Gasteiger partial charge in [-0.25, -0.2) is 0 Å². The van der Waals surface area contributed by atoms with Crippen molar-refractivity contribution in [3.63, 3.8) is 0 Å². The second kappa shape index (κ2) is 7.21. The molecule has 27 heavy (non-hydrogen) atoms. The van der Waals surface area contributed by atoms with Gasteiger partial charge in [0.1, 0.15) is 0 Å². The normalized spacial score (nSPS) is 16.0. The van der Waals surface area contributed by atoms with Gasteiger partial charge < -0.3 is 0 Å². The van der Waals surface area contributed by atoms with E-state index in [4.69, 9.17) is 0 Å². The Hall–Kier alpha value is -1.98. The fraction of sp³-hybridized carbons (Fsp3) is 0.154. The van der Waals surface area contributed by atoms with E-state index in [1.54, 1.807) is 0 Å². The van der Waals surface area contributed by atoms with Crippen LogP contribution in [0.2, 0.25) is 0 Å². The van der Waals surface area contributed by atoms with E-state index < -0.39 is 0 Å². The van der Waals surface area contributed by atoms with Gasteiger partial charge in [0.2, 0.25) is 0 Å². The van der Waals surface area contributed by atoms with Crippen molar-refractivity contribution in [3.05, 3.63) is 101 Å². The average Bonchev–Trinajstić information content (AvgIpc) is 3.39. The molecule has 0 saturated carbocycles. The molecule has 0 fully saturated rings. The summed E-state index contributed by atoms with van der Waals surface area (Å²) in [7, 11) is 0. The predicted octanol–water partition coefficient (Wildman–Crippen LogP) is 6.99. The van der Waals surface area contributed by atoms with Crippen LogP contribution in [0.4, 0.5) is 0 Å². The van der Waals surface area contributed by atoms with Crippen LogP contribution >= 0.6 is 0 Å². The van der Waals surface area contributed by atoms with E-state index in [0.717, 1.165) is 12.8 Å². The van der Waals surface area contributed by atoms with Crippen LogP contribution in [0, 0.1) is 6.07 Å². The maximum atomic E-state index is 3.86. The molecule has 0 spiro atoms. The monoisotopic (exact) mass is 423 g/mol. The maximum absolute atomic E-state index is 3.86. The summed E-state index contributed by atoms with van der Waals surface area (Å²) in [5.74, 6) is 0. The van der Waals surface area contributed by atoms with Gasteiger partial charge in [-0.05, 0) is 12.8 Å². The van der Waals surface area contributed by atoms with Crippen LogP contribution in [0.3, 0.4) is 0 Å². The summed E-state index contributed by atoms with van der Waals surface area (Å²) in [5, 5.41) is 0. The molecule has 2 aromatic rings. The zero-order chi connectivity index (χ0) is 17.7. The van der Waals surface area contributed by atoms with Crippen molar-refractivity contribution in [2.24, 2.45) is 0 Å². The molecule has 0 N–H and O–H groups in total. The number of fused-ring (bicyclic) bond motifs is 3. The van der Waals surface area contributed by atoms with Crippen LogP contribution in [0.1, 0.15) is 48.9 Å². The van der Waals surface area contributed by atoms with Crippen LogP contribution in [0.25, 0.3) is 27.8 Å². The Balaban J connectivity index is 0.00000180. The molecule has 0 saturated heterocycles. The van der Waals surface area contributed by atoms with Crippen molar-refractivity contribution >= 4 is 16.7 Å². The first-order chi connectivity index (χ1) is 12.7. The van der Waals surface area contributed by atoms with Gasteiger partial charge in [0.05, 0.1) is 0 Å². The molecule has 0 aromatic heterocycles. The quantitative estimate of drug-likeness (QED) is 0.389. The van der Waals surface area contributed by atoms with E-state index in [0.29, 0.717) is 0 Å². The maximum Gasteiger partial charge on any atom is 0 e. The molecular formula is C26H21Zr-. The predicted molar refractivity (Wildman–Crippen MR) is 112 cm³/mol. The summed E-state index contributed by atoms with van der Waals surface area (Å²) in [6, 6.07) is 15.0. The fourth-order valence-electron chi connectivity index (χ4n) is 4.33. The summed E-state index contributed by atoms with van der Waals surface area (Å²) < 4.78 is 0. The summed E-state index contributed by atoms with van der Waals surface area (Å²) in [6.07, 6.45) is 15.3. The Morgan fingerprint density at radius 3 is 2.07 bits per heavy atom. The van der Waals surface area contributed by atoms with Gasteiger partial charge in [0.15, 0.2) is 0 Å². The van der Waals surface area contributed by atoms with Crippen molar-refractivity contribution < 1.29 is 26.2 Å². The molecule has 0 amide bonds. The zero-order valence-electron chi connectivity index (χ0n) is 15.8. The molecule has 0 atom stereocenters. The smallest absolute Gasteiger partial charge is 0 e. The summed E-state index contributed by atoms with van der Waals surface area (Å²) in [5.41, 5.74) is 13.4. The minimum atomic E-state index is 0.